The molecule has 0 bridgehead atoms. The number of unbranched alkanes of at least 4 members (excludes halogenated alkanes) is 1. The smallest absolute Gasteiger partial charge is 0.251 e. The van der Waals surface area contributed by atoms with Crippen LogP contribution in [0.1, 0.15) is 23.2 Å². The van der Waals surface area contributed by atoms with Gasteiger partial charge < -0.3 is 10.2 Å². The maximum absolute atomic E-state index is 11.7. The summed E-state index contributed by atoms with van der Waals surface area (Å²) in [4.78, 5) is 13.7. The molecule has 0 aliphatic heterocycles. The van der Waals surface area contributed by atoms with Crippen LogP contribution in [0.5, 0.6) is 0 Å². The number of hydrogen-bond acceptors (Lipinski definition) is 2. The van der Waals surface area contributed by atoms with Crippen LogP contribution in [0.15, 0.2) is 24.3 Å². The largest absolute Gasteiger partial charge is 0.378 e. The standard InChI is InChI=1S/C14H18N2O/c1-4-5-6-11-15-14(17)12-7-9-13(10-8-12)16(2)3/h1,7-10H,5-6,11H2,2-3H3,(H,15,17). The SMILES string of the molecule is C#CCCCNC(=O)c1ccc(N(C)C)cc1. The average molecular weight is 230 g/mol. The second kappa shape index (κ2) is 6.59. The molecule has 0 atom stereocenters. The summed E-state index contributed by atoms with van der Waals surface area (Å²) in [6, 6.07) is 7.50. The lowest BCUT2D eigenvalue weighted by atomic mass is 10.2. The van der Waals surface area contributed by atoms with Gasteiger partial charge in [-0.15, -0.1) is 12.3 Å². The van der Waals surface area contributed by atoms with Crippen molar-refractivity contribution in [3.05, 3.63) is 29.8 Å². The number of anilines is 1. The molecule has 0 unspecified atom stereocenters. The topological polar surface area (TPSA) is 32.3 Å². The summed E-state index contributed by atoms with van der Waals surface area (Å²) >= 11 is 0. The maximum atomic E-state index is 11.7. The molecule has 0 heterocycles. The van der Waals surface area contributed by atoms with Crippen LogP contribution in [0, 0.1) is 12.3 Å². The van der Waals surface area contributed by atoms with E-state index in [1.165, 1.54) is 0 Å². The Morgan fingerprint density at radius 1 is 1.35 bits per heavy atom. The van der Waals surface area contributed by atoms with E-state index in [9.17, 15) is 4.79 Å². The summed E-state index contributed by atoms with van der Waals surface area (Å²) in [5.41, 5.74) is 1.75. The normalized spacial score (nSPS) is 9.47. The molecular formula is C14H18N2O. The van der Waals surface area contributed by atoms with Gasteiger partial charge in [-0.25, -0.2) is 0 Å². The van der Waals surface area contributed by atoms with Crippen molar-refractivity contribution in [2.75, 3.05) is 25.5 Å². The van der Waals surface area contributed by atoms with E-state index in [4.69, 9.17) is 6.42 Å². The van der Waals surface area contributed by atoms with Gasteiger partial charge in [-0.1, -0.05) is 0 Å². The van der Waals surface area contributed by atoms with E-state index >= 15 is 0 Å². The van der Waals surface area contributed by atoms with E-state index in [0.29, 0.717) is 18.5 Å². The second-order valence-electron chi connectivity index (χ2n) is 4.00. The zero-order valence-corrected chi connectivity index (χ0v) is 10.4. The molecule has 0 aliphatic rings. The first-order chi connectivity index (χ1) is 8.15. The van der Waals surface area contributed by atoms with Gasteiger partial charge in [0, 0.05) is 38.3 Å². The molecular weight excluding hydrogens is 212 g/mol. The monoisotopic (exact) mass is 230 g/mol. The summed E-state index contributed by atoms with van der Waals surface area (Å²) in [6.45, 7) is 0.623. The van der Waals surface area contributed by atoms with E-state index in [1.54, 1.807) is 0 Å². The van der Waals surface area contributed by atoms with E-state index in [0.717, 1.165) is 12.1 Å². The summed E-state index contributed by atoms with van der Waals surface area (Å²) in [5, 5.41) is 2.83. The lowest BCUT2D eigenvalue weighted by Gasteiger charge is -2.12. The van der Waals surface area contributed by atoms with Crippen LogP contribution >= 0.6 is 0 Å². The van der Waals surface area contributed by atoms with Crippen molar-refractivity contribution in [2.45, 2.75) is 12.8 Å². The minimum atomic E-state index is -0.0488. The lowest BCUT2D eigenvalue weighted by molar-refractivity contribution is 0.0953. The van der Waals surface area contributed by atoms with Crippen LogP contribution in [0.4, 0.5) is 5.69 Å². The Hall–Kier alpha value is -1.95. The first-order valence-electron chi connectivity index (χ1n) is 5.64. The van der Waals surface area contributed by atoms with Gasteiger partial charge in [0.1, 0.15) is 0 Å². The Balaban J connectivity index is 2.49. The Bertz CT molecular complexity index is 401. The Kier molecular flexibility index (Phi) is 5.09. The Morgan fingerprint density at radius 2 is 2.00 bits per heavy atom. The fourth-order valence-electron chi connectivity index (χ4n) is 1.41. The van der Waals surface area contributed by atoms with E-state index in [-0.39, 0.29) is 5.91 Å². The first kappa shape index (κ1) is 13.1. The fourth-order valence-corrected chi connectivity index (χ4v) is 1.41. The van der Waals surface area contributed by atoms with Crippen molar-refractivity contribution < 1.29 is 4.79 Å². The average Bonchev–Trinajstić information content (AvgIpc) is 2.34. The van der Waals surface area contributed by atoms with Crippen molar-refractivity contribution >= 4 is 11.6 Å². The third-order valence-corrected chi connectivity index (χ3v) is 2.43. The molecule has 3 nitrogen and oxygen atoms in total. The maximum Gasteiger partial charge on any atom is 0.251 e. The van der Waals surface area contributed by atoms with E-state index < -0.39 is 0 Å². The molecule has 0 saturated heterocycles. The fraction of sp³-hybridized carbons (Fsp3) is 0.357. The predicted molar refractivity (Wildman–Crippen MR) is 71.2 cm³/mol. The summed E-state index contributed by atoms with van der Waals surface area (Å²) in [7, 11) is 3.93. The summed E-state index contributed by atoms with van der Waals surface area (Å²) < 4.78 is 0. The second-order valence-corrected chi connectivity index (χ2v) is 4.00. The molecule has 1 aromatic rings. The first-order valence-corrected chi connectivity index (χ1v) is 5.64. The number of hydrogen-bond donors (Lipinski definition) is 1. The van der Waals surface area contributed by atoms with Gasteiger partial charge in [0.25, 0.3) is 5.91 Å². The highest BCUT2D eigenvalue weighted by Gasteiger charge is 2.04. The summed E-state index contributed by atoms with van der Waals surface area (Å²) in [6.07, 6.45) is 6.65. The molecule has 3 heteroatoms. The molecule has 1 N–H and O–H groups in total. The third-order valence-electron chi connectivity index (χ3n) is 2.43. The molecule has 0 radical (unpaired) electrons. The number of terminal acetylenes is 1. The predicted octanol–water partition coefficient (Wildman–Crippen LogP) is 1.90. The molecule has 0 aromatic heterocycles. The quantitative estimate of drug-likeness (QED) is 0.619. The number of benzene rings is 1. The van der Waals surface area contributed by atoms with Gasteiger partial charge >= 0.3 is 0 Å². The van der Waals surface area contributed by atoms with Crippen molar-refractivity contribution in [1.82, 2.24) is 5.32 Å². The highest BCUT2D eigenvalue weighted by molar-refractivity contribution is 5.94. The zero-order chi connectivity index (χ0) is 12.7. The van der Waals surface area contributed by atoms with E-state index in [1.807, 2.05) is 43.3 Å². The number of amides is 1. The van der Waals surface area contributed by atoms with Crippen LogP contribution in [-0.2, 0) is 0 Å². The van der Waals surface area contributed by atoms with Crippen LogP contribution in [0.3, 0.4) is 0 Å². The molecule has 1 aromatic carbocycles. The Labute approximate surface area is 103 Å². The summed E-state index contributed by atoms with van der Waals surface area (Å²) in [5.74, 6) is 2.50. The molecule has 1 rings (SSSR count). The van der Waals surface area contributed by atoms with Crippen molar-refractivity contribution in [2.24, 2.45) is 0 Å². The van der Waals surface area contributed by atoms with E-state index in [2.05, 4.69) is 11.2 Å². The molecule has 0 saturated carbocycles. The van der Waals surface area contributed by atoms with Crippen molar-refractivity contribution in [3.63, 3.8) is 0 Å². The number of nitrogens with zero attached hydrogens (tertiary/aromatic N) is 1. The third kappa shape index (κ3) is 4.20. The van der Waals surface area contributed by atoms with Crippen LogP contribution in [0.25, 0.3) is 0 Å². The van der Waals surface area contributed by atoms with Crippen molar-refractivity contribution in [1.29, 1.82) is 0 Å². The van der Waals surface area contributed by atoms with Crippen molar-refractivity contribution in [3.8, 4) is 12.3 Å². The Morgan fingerprint density at radius 3 is 2.53 bits per heavy atom. The minimum absolute atomic E-state index is 0.0488. The van der Waals surface area contributed by atoms with Crippen LogP contribution in [-0.4, -0.2) is 26.5 Å². The molecule has 17 heavy (non-hydrogen) atoms. The molecule has 0 spiro atoms. The van der Waals surface area contributed by atoms with Gasteiger partial charge in [0.05, 0.1) is 0 Å². The zero-order valence-electron chi connectivity index (χ0n) is 10.4. The number of rotatable bonds is 5. The van der Waals surface area contributed by atoms with Gasteiger partial charge in [-0.05, 0) is 30.7 Å². The van der Waals surface area contributed by atoms with Crippen LogP contribution < -0.4 is 10.2 Å². The molecule has 0 fully saturated rings. The number of carbonyl (C=O) groups is 1. The molecule has 90 valence electrons. The number of carbonyl (C=O) groups excluding carboxylic acids is 1. The highest BCUT2D eigenvalue weighted by Crippen LogP contribution is 2.11. The van der Waals surface area contributed by atoms with Gasteiger partial charge in [-0.2, -0.15) is 0 Å². The minimum Gasteiger partial charge on any atom is -0.378 e. The number of nitrogens with one attached hydrogen (secondary N) is 1. The highest BCUT2D eigenvalue weighted by atomic mass is 16.1. The van der Waals surface area contributed by atoms with Gasteiger partial charge in [0.2, 0.25) is 0 Å². The van der Waals surface area contributed by atoms with Gasteiger partial charge in [-0.3, -0.25) is 4.79 Å². The molecule has 1 amide bonds. The molecule has 0 aliphatic carbocycles. The van der Waals surface area contributed by atoms with Crippen LogP contribution in [0.2, 0.25) is 0 Å². The van der Waals surface area contributed by atoms with Gasteiger partial charge in [0.15, 0.2) is 0 Å². The lowest BCUT2D eigenvalue weighted by Crippen LogP contribution is -2.24.